The van der Waals surface area contributed by atoms with Crippen LogP contribution in [0.25, 0.3) is 0 Å². The van der Waals surface area contributed by atoms with Gasteiger partial charge in [-0.05, 0) is 18.2 Å². The summed E-state index contributed by atoms with van der Waals surface area (Å²) < 4.78 is 39.7. The van der Waals surface area contributed by atoms with Crippen LogP contribution < -0.4 is 4.74 Å². The van der Waals surface area contributed by atoms with Crippen molar-refractivity contribution in [2.75, 3.05) is 0 Å². The molecule has 3 aromatic rings. The first-order valence-corrected chi connectivity index (χ1v) is 7.98. The average Bonchev–Trinajstić information content (AvgIpc) is 2.93. The number of hydrogen-bond acceptors (Lipinski definition) is 5. The van der Waals surface area contributed by atoms with Gasteiger partial charge in [-0.1, -0.05) is 18.2 Å². The van der Waals surface area contributed by atoms with Crippen molar-refractivity contribution >= 4 is 5.97 Å². The van der Waals surface area contributed by atoms with E-state index in [1.807, 2.05) is 0 Å². The lowest BCUT2D eigenvalue weighted by Gasteiger charge is -2.36. The maximum Gasteiger partial charge on any atom is 0.340 e. The molecule has 0 aliphatic carbocycles. The summed E-state index contributed by atoms with van der Waals surface area (Å²) in [5.74, 6) is -3.81. The van der Waals surface area contributed by atoms with Crippen molar-refractivity contribution < 1.29 is 33.3 Å². The number of benzene rings is 3. The highest BCUT2D eigenvalue weighted by molar-refractivity contribution is 5.97. The van der Waals surface area contributed by atoms with Crippen LogP contribution in [0.1, 0.15) is 27.0 Å². The number of esters is 1. The van der Waals surface area contributed by atoms with E-state index >= 15 is 0 Å². The first-order valence-electron chi connectivity index (χ1n) is 7.98. The topological polar surface area (TPSA) is 76.0 Å². The van der Waals surface area contributed by atoms with E-state index in [4.69, 9.17) is 9.47 Å². The van der Waals surface area contributed by atoms with Crippen LogP contribution in [0.5, 0.6) is 23.0 Å². The standard InChI is InChI=1S/C20H10F2O5/c21-13-5-11-17(7-15(13)23)26-18-8-16(24)14(22)6-12(18)20(11)10-4-2-1-3-9(10)19(25)27-20/h1-8,23-24H. The molecule has 7 heteroatoms. The van der Waals surface area contributed by atoms with E-state index in [-0.39, 0.29) is 28.2 Å². The Bertz CT molecular complexity index is 1100. The Balaban J connectivity index is 1.94. The molecule has 0 aromatic heterocycles. The van der Waals surface area contributed by atoms with Crippen LogP contribution >= 0.6 is 0 Å². The Labute approximate surface area is 151 Å². The summed E-state index contributed by atoms with van der Waals surface area (Å²) in [4.78, 5) is 12.5. The van der Waals surface area contributed by atoms with Crippen LogP contribution in [0.15, 0.2) is 48.5 Å². The number of aromatic hydroxyl groups is 2. The lowest BCUT2D eigenvalue weighted by atomic mass is 9.77. The van der Waals surface area contributed by atoms with Crippen LogP contribution in [0.3, 0.4) is 0 Å². The number of rotatable bonds is 0. The van der Waals surface area contributed by atoms with Crippen molar-refractivity contribution in [3.05, 3.63) is 82.4 Å². The third-order valence-corrected chi connectivity index (χ3v) is 4.85. The molecular formula is C20H10F2O5. The Morgan fingerprint density at radius 2 is 1.37 bits per heavy atom. The molecule has 3 aromatic carbocycles. The molecule has 2 N–H and O–H groups in total. The average molecular weight is 368 g/mol. The summed E-state index contributed by atoms with van der Waals surface area (Å²) in [5.41, 5.74) is -0.823. The van der Waals surface area contributed by atoms with Gasteiger partial charge in [0.05, 0.1) is 16.7 Å². The van der Waals surface area contributed by atoms with Crippen molar-refractivity contribution in [3.63, 3.8) is 0 Å². The predicted molar refractivity (Wildman–Crippen MR) is 87.9 cm³/mol. The van der Waals surface area contributed by atoms with Gasteiger partial charge in [-0.15, -0.1) is 0 Å². The summed E-state index contributed by atoms with van der Waals surface area (Å²) in [7, 11) is 0. The summed E-state index contributed by atoms with van der Waals surface area (Å²) in [6, 6.07) is 10.6. The maximum absolute atomic E-state index is 14.2. The van der Waals surface area contributed by atoms with Gasteiger partial charge in [-0.2, -0.15) is 0 Å². The Kier molecular flexibility index (Phi) is 2.88. The Morgan fingerprint density at radius 1 is 0.815 bits per heavy atom. The fourth-order valence-corrected chi connectivity index (χ4v) is 3.69. The number of ether oxygens (including phenoxy) is 2. The van der Waals surface area contributed by atoms with Crippen molar-refractivity contribution in [1.82, 2.24) is 0 Å². The second-order valence-corrected chi connectivity index (χ2v) is 6.32. The van der Waals surface area contributed by atoms with Crippen molar-refractivity contribution in [1.29, 1.82) is 0 Å². The highest BCUT2D eigenvalue weighted by atomic mass is 19.1. The van der Waals surface area contributed by atoms with E-state index in [0.29, 0.717) is 5.56 Å². The van der Waals surface area contributed by atoms with Crippen molar-refractivity contribution in [3.8, 4) is 23.0 Å². The van der Waals surface area contributed by atoms with Gasteiger partial charge in [0.25, 0.3) is 0 Å². The molecule has 0 unspecified atom stereocenters. The van der Waals surface area contributed by atoms with Gasteiger partial charge in [0.2, 0.25) is 0 Å². The minimum absolute atomic E-state index is 0.0249. The van der Waals surface area contributed by atoms with E-state index in [1.165, 1.54) is 0 Å². The molecule has 5 nitrogen and oxygen atoms in total. The maximum atomic E-state index is 14.2. The van der Waals surface area contributed by atoms with E-state index in [0.717, 1.165) is 24.3 Å². The number of phenolic OH excluding ortho intramolecular Hbond substituents is 2. The number of halogens is 2. The minimum atomic E-state index is -1.67. The number of fused-ring (bicyclic) bond motifs is 6. The molecule has 0 radical (unpaired) electrons. The number of hydrogen-bond donors (Lipinski definition) is 2. The highest BCUT2D eigenvalue weighted by Gasteiger charge is 2.54. The van der Waals surface area contributed by atoms with Gasteiger partial charge in [-0.3, -0.25) is 0 Å². The lowest BCUT2D eigenvalue weighted by molar-refractivity contribution is 0.0221. The molecule has 2 aliphatic heterocycles. The molecule has 0 fully saturated rings. The smallest absolute Gasteiger partial charge is 0.340 e. The zero-order chi connectivity index (χ0) is 18.9. The molecule has 0 bridgehead atoms. The predicted octanol–water partition coefficient (Wildman–Crippen LogP) is 3.94. The molecule has 5 rings (SSSR count). The van der Waals surface area contributed by atoms with Crippen LogP contribution in [-0.4, -0.2) is 16.2 Å². The van der Waals surface area contributed by atoms with Crippen molar-refractivity contribution in [2.45, 2.75) is 5.60 Å². The number of carbonyl (C=O) groups excluding carboxylic acids is 1. The minimum Gasteiger partial charge on any atom is -0.505 e. The van der Waals surface area contributed by atoms with Gasteiger partial charge in [0, 0.05) is 17.7 Å². The van der Waals surface area contributed by atoms with Crippen molar-refractivity contribution in [2.24, 2.45) is 0 Å². The molecule has 0 saturated carbocycles. The van der Waals surface area contributed by atoms with E-state index in [9.17, 15) is 23.8 Å². The zero-order valence-corrected chi connectivity index (χ0v) is 13.5. The normalized spacial score (nSPS) is 15.6. The molecular weight excluding hydrogens is 358 g/mol. The van der Waals surface area contributed by atoms with Gasteiger partial charge >= 0.3 is 5.97 Å². The third kappa shape index (κ3) is 1.88. The van der Waals surface area contributed by atoms with Gasteiger partial charge in [0.15, 0.2) is 28.7 Å². The molecule has 0 atom stereocenters. The molecule has 2 aliphatic rings. The molecule has 2 heterocycles. The van der Waals surface area contributed by atoms with Crippen LogP contribution in [0.4, 0.5) is 8.78 Å². The van der Waals surface area contributed by atoms with Crippen LogP contribution in [-0.2, 0) is 10.3 Å². The third-order valence-electron chi connectivity index (χ3n) is 4.85. The quantitative estimate of drug-likeness (QED) is 0.588. The fraction of sp³-hybridized carbons (Fsp3) is 0.0500. The summed E-state index contributed by atoms with van der Waals surface area (Å²) in [6.07, 6.45) is 0. The first kappa shape index (κ1) is 15.6. The molecule has 27 heavy (non-hydrogen) atoms. The van der Waals surface area contributed by atoms with Crippen LogP contribution in [0.2, 0.25) is 0 Å². The molecule has 0 amide bonds. The second kappa shape index (κ2) is 4.97. The van der Waals surface area contributed by atoms with Gasteiger partial charge in [0.1, 0.15) is 11.5 Å². The van der Waals surface area contributed by atoms with E-state index in [2.05, 4.69) is 0 Å². The largest absolute Gasteiger partial charge is 0.505 e. The summed E-state index contributed by atoms with van der Waals surface area (Å²) in [5, 5.41) is 19.5. The second-order valence-electron chi connectivity index (χ2n) is 6.32. The molecule has 134 valence electrons. The lowest BCUT2D eigenvalue weighted by Crippen LogP contribution is -2.33. The molecule has 1 spiro atoms. The fourth-order valence-electron chi connectivity index (χ4n) is 3.69. The van der Waals surface area contributed by atoms with Gasteiger partial charge < -0.3 is 19.7 Å². The Morgan fingerprint density at radius 3 is 1.96 bits per heavy atom. The first-order chi connectivity index (χ1) is 12.9. The Hall–Kier alpha value is -3.61. The zero-order valence-electron chi connectivity index (χ0n) is 13.5. The number of carbonyl (C=O) groups is 1. The number of phenols is 2. The summed E-state index contributed by atoms with van der Waals surface area (Å²) in [6.45, 7) is 0. The highest BCUT2D eigenvalue weighted by Crippen LogP contribution is 2.57. The SMILES string of the molecule is O=C1OC2(c3cc(F)c(O)cc3Oc3cc(O)c(F)cc32)c2ccccc21. The van der Waals surface area contributed by atoms with Crippen LogP contribution in [0, 0.1) is 11.6 Å². The van der Waals surface area contributed by atoms with E-state index in [1.54, 1.807) is 24.3 Å². The summed E-state index contributed by atoms with van der Waals surface area (Å²) >= 11 is 0. The van der Waals surface area contributed by atoms with Gasteiger partial charge in [-0.25, -0.2) is 13.6 Å². The van der Waals surface area contributed by atoms with E-state index < -0.39 is 34.7 Å². The monoisotopic (exact) mass is 368 g/mol. The molecule has 0 saturated heterocycles.